The van der Waals surface area contributed by atoms with E-state index in [4.69, 9.17) is 0 Å². The second-order valence-corrected chi connectivity index (χ2v) is 9.81. The maximum absolute atomic E-state index is 9.45. The van der Waals surface area contributed by atoms with Gasteiger partial charge in [0.05, 0.1) is 26.4 Å². The molecular weight excluding hydrogens is 492 g/mol. The van der Waals surface area contributed by atoms with Gasteiger partial charge < -0.3 is 40.4 Å². The maximum Gasteiger partial charge on any atom is 0.0606 e. The Balaban J connectivity index is 1.66. The molecule has 0 bridgehead atoms. The van der Waals surface area contributed by atoms with Gasteiger partial charge in [0.1, 0.15) is 0 Å². The smallest absolute Gasteiger partial charge is 0.0606 e. The molecule has 0 amide bonds. The highest BCUT2D eigenvalue weighted by atomic mass is 16.3. The van der Waals surface area contributed by atoms with E-state index >= 15 is 0 Å². The van der Waals surface area contributed by atoms with Crippen molar-refractivity contribution in [3.8, 4) is 0 Å². The molecule has 1 aliphatic heterocycles. The van der Waals surface area contributed by atoms with Gasteiger partial charge in [0, 0.05) is 75.3 Å². The molecule has 1 aliphatic rings. The van der Waals surface area contributed by atoms with Crippen LogP contribution in [0.25, 0.3) is 0 Å². The summed E-state index contributed by atoms with van der Waals surface area (Å²) in [7, 11) is 0. The highest BCUT2D eigenvalue weighted by molar-refractivity contribution is 5.56. The van der Waals surface area contributed by atoms with E-state index in [1.807, 2.05) is 9.80 Å². The third-order valence-electron chi connectivity index (χ3n) is 7.37. The van der Waals surface area contributed by atoms with Gasteiger partial charge in [0.25, 0.3) is 0 Å². The van der Waals surface area contributed by atoms with Crippen molar-refractivity contribution in [2.75, 3.05) is 93.5 Å². The summed E-state index contributed by atoms with van der Waals surface area (Å²) in [4.78, 5) is 6.37. The predicted octanol–water partition coefficient (Wildman–Crippen LogP) is 1.86. The van der Waals surface area contributed by atoms with E-state index in [0.717, 1.165) is 48.7 Å². The van der Waals surface area contributed by atoms with E-state index in [0.29, 0.717) is 26.2 Å². The standard InChI is InChI=1S/C31H42N4O4/c36-21-17-34(18-22-37)29-9-3-26(4-10-29)31(25-1-7-28(8-2-25)33-15-13-32-14-16-33)27-5-11-30(12-6-27)35(19-23-38)20-24-39/h1-12,31-32,36-39H,13-24H2. The molecule has 1 saturated heterocycles. The minimum Gasteiger partial charge on any atom is -0.395 e. The van der Waals surface area contributed by atoms with Crippen LogP contribution in [0.5, 0.6) is 0 Å². The number of piperazine rings is 1. The molecule has 4 rings (SSSR count). The Morgan fingerprint density at radius 3 is 1.28 bits per heavy atom. The van der Waals surface area contributed by atoms with Crippen molar-refractivity contribution in [3.63, 3.8) is 0 Å². The summed E-state index contributed by atoms with van der Waals surface area (Å²) in [6, 6.07) is 25.6. The number of aliphatic hydroxyl groups is 4. The van der Waals surface area contributed by atoms with Crippen LogP contribution in [0.3, 0.4) is 0 Å². The number of benzene rings is 3. The van der Waals surface area contributed by atoms with Crippen LogP contribution >= 0.6 is 0 Å². The van der Waals surface area contributed by atoms with Crippen molar-refractivity contribution in [2.45, 2.75) is 5.92 Å². The Morgan fingerprint density at radius 2 is 0.923 bits per heavy atom. The van der Waals surface area contributed by atoms with Gasteiger partial charge in [-0.3, -0.25) is 0 Å². The van der Waals surface area contributed by atoms with Crippen LogP contribution in [0.4, 0.5) is 17.1 Å². The molecule has 3 aromatic rings. The zero-order valence-corrected chi connectivity index (χ0v) is 22.6. The Labute approximate surface area is 231 Å². The molecule has 1 heterocycles. The minimum absolute atomic E-state index is 0.0124. The largest absolute Gasteiger partial charge is 0.395 e. The first kappa shape index (κ1) is 28.9. The number of hydrogen-bond acceptors (Lipinski definition) is 8. The zero-order chi connectivity index (χ0) is 27.5. The summed E-state index contributed by atoms with van der Waals surface area (Å²) in [6.07, 6.45) is 0. The lowest BCUT2D eigenvalue weighted by molar-refractivity contribution is 0.280. The molecule has 5 N–H and O–H groups in total. The summed E-state index contributed by atoms with van der Waals surface area (Å²) in [5.74, 6) is 0.0124. The van der Waals surface area contributed by atoms with Crippen molar-refractivity contribution in [3.05, 3.63) is 89.5 Å². The van der Waals surface area contributed by atoms with E-state index in [-0.39, 0.29) is 32.3 Å². The summed E-state index contributed by atoms with van der Waals surface area (Å²) >= 11 is 0. The summed E-state index contributed by atoms with van der Waals surface area (Å²) in [6.45, 7) is 5.98. The average Bonchev–Trinajstić information content (AvgIpc) is 2.99. The van der Waals surface area contributed by atoms with Gasteiger partial charge in [-0.25, -0.2) is 0 Å². The molecule has 8 heteroatoms. The minimum atomic E-state index is 0.0124. The molecule has 3 aromatic carbocycles. The zero-order valence-electron chi connectivity index (χ0n) is 22.6. The summed E-state index contributed by atoms with van der Waals surface area (Å²) in [5.41, 5.74) is 6.66. The van der Waals surface area contributed by atoms with Crippen LogP contribution in [0.15, 0.2) is 72.8 Å². The topological polar surface area (TPSA) is 103 Å². The van der Waals surface area contributed by atoms with Crippen LogP contribution < -0.4 is 20.0 Å². The predicted molar refractivity (Wildman–Crippen MR) is 158 cm³/mol. The number of nitrogens with one attached hydrogen (secondary N) is 1. The van der Waals surface area contributed by atoms with E-state index in [1.54, 1.807) is 0 Å². The fraction of sp³-hybridized carbons (Fsp3) is 0.419. The number of rotatable bonds is 14. The average molecular weight is 535 g/mol. The van der Waals surface area contributed by atoms with Gasteiger partial charge in [0.2, 0.25) is 0 Å². The van der Waals surface area contributed by atoms with Crippen molar-refractivity contribution < 1.29 is 20.4 Å². The Bertz CT molecular complexity index is 1030. The van der Waals surface area contributed by atoms with E-state index in [9.17, 15) is 20.4 Å². The van der Waals surface area contributed by atoms with Crippen LogP contribution in [-0.2, 0) is 0 Å². The monoisotopic (exact) mass is 534 g/mol. The lowest BCUT2D eigenvalue weighted by Crippen LogP contribution is -2.43. The van der Waals surface area contributed by atoms with Gasteiger partial charge in [-0.1, -0.05) is 36.4 Å². The molecular formula is C31H42N4O4. The van der Waals surface area contributed by atoms with Crippen molar-refractivity contribution >= 4 is 17.1 Å². The first-order valence-corrected chi connectivity index (χ1v) is 13.9. The van der Waals surface area contributed by atoms with Gasteiger partial charge >= 0.3 is 0 Å². The first-order chi connectivity index (χ1) is 19.2. The lowest BCUT2D eigenvalue weighted by Gasteiger charge is -2.30. The number of hydrogen-bond donors (Lipinski definition) is 5. The quantitative estimate of drug-likeness (QED) is 0.200. The molecule has 1 fully saturated rings. The Kier molecular flexibility index (Phi) is 11.0. The van der Waals surface area contributed by atoms with Crippen LogP contribution in [-0.4, -0.2) is 99.2 Å². The molecule has 0 aliphatic carbocycles. The van der Waals surface area contributed by atoms with Crippen molar-refractivity contribution in [1.82, 2.24) is 5.32 Å². The maximum atomic E-state index is 9.45. The third kappa shape index (κ3) is 7.50. The first-order valence-electron chi connectivity index (χ1n) is 13.9. The van der Waals surface area contributed by atoms with Gasteiger partial charge in [-0.05, 0) is 53.1 Å². The van der Waals surface area contributed by atoms with Crippen LogP contribution in [0.2, 0.25) is 0 Å². The number of anilines is 3. The third-order valence-corrected chi connectivity index (χ3v) is 7.37. The van der Waals surface area contributed by atoms with Crippen molar-refractivity contribution in [2.24, 2.45) is 0 Å². The molecule has 0 radical (unpaired) electrons. The molecule has 0 spiro atoms. The SMILES string of the molecule is OCCN(CCO)c1ccc(C(c2ccc(N(CCO)CCO)cc2)c2ccc(N3CCNCC3)cc2)cc1. The second kappa shape index (κ2) is 14.9. The molecule has 210 valence electrons. The van der Waals surface area contributed by atoms with E-state index in [1.165, 1.54) is 11.3 Å². The van der Waals surface area contributed by atoms with Gasteiger partial charge in [-0.2, -0.15) is 0 Å². The summed E-state index contributed by atoms with van der Waals surface area (Å²) in [5, 5.41) is 41.2. The van der Waals surface area contributed by atoms with E-state index in [2.05, 4.69) is 83.0 Å². The Hall–Kier alpha value is -3.14. The highest BCUT2D eigenvalue weighted by Gasteiger charge is 2.19. The lowest BCUT2D eigenvalue weighted by atomic mass is 9.85. The molecule has 0 unspecified atom stereocenters. The van der Waals surface area contributed by atoms with Crippen LogP contribution in [0.1, 0.15) is 22.6 Å². The second-order valence-electron chi connectivity index (χ2n) is 9.81. The molecule has 0 atom stereocenters. The van der Waals surface area contributed by atoms with Crippen LogP contribution in [0, 0.1) is 0 Å². The molecule has 39 heavy (non-hydrogen) atoms. The molecule has 0 aromatic heterocycles. The highest BCUT2D eigenvalue weighted by Crippen LogP contribution is 2.35. The summed E-state index contributed by atoms with van der Waals surface area (Å²) < 4.78 is 0. The van der Waals surface area contributed by atoms with E-state index < -0.39 is 0 Å². The molecule has 0 saturated carbocycles. The number of aliphatic hydroxyl groups excluding tert-OH is 4. The fourth-order valence-electron chi connectivity index (χ4n) is 5.36. The number of nitrogens with zero attached hydrogens (tertiary/aromatic N) is 3. The van der Waals surface area contributed by atoms with Gasteiger partial charge in [-0.15, -0.1) is 0 Å². The Morgan fingerprint density at radius 1 is 0.564 bits per heavy atom. The normalized spacial score (nSPS) is 13.6. The fourth-order valence-corrected chi connectivity index (χ4v) is 5.36. The van der Waals surface area contributed by atoms with Gasteiger partial charge in [0.15, 0.2) is 0 Å². The van der Waals surface area contributed by atoms with Crippen molar-refractivity contribution in [1.29, 1.82) is 0 Å². The molecule has 8 nitrogen and oxygen atoms in total.